The van der Waals surface area contributed by atoms with Gasteiger partial charge in [-0.1, -0.05) is 63.6 Å². The highest BCUT2D eigenvalue weighted by atomic mass is 35.5. The second-order valence-corrected chi connectivity index (χ2v) is 12.8. The van der Waals surface area contributed by atoms with E-state index in [2.05, 4.69) is 46.8 Å². The molecule has 1 aromatic heterocycles. The number of hydrogen-bond donors (Lipinski definition) is 1. The molecule has 1 aliphatic heterocycles. The Morgan fingerprint density at radius 1 is 0.919 bits per heavy atom. The van der Waals surface area contributed by atoms with Gasteiger partial charge in [-0.2, -0.15) is 0 Å². The van der Waals surface area contributed by atoms with Gasteiger partial charge >= 0.3 is 0 Å². The number of piperidine rings is 1. The third-order valence-corrected chi connectivity index (χ3v) is 9.06. The normalized spacial score (nSPS) is 19.9. The Morgan fingerprint density at radius 2 is 1.51 bits per heavy atom. The fraction of sp³-hybridized carbons (Fsp3) is 0.469. The molecule has 1 saturated heterocycles. The van der Waals surface area contributed by atoms with Crippen molar-refractivity contribution in [3.63, 3.8) is 0 Å². The molecule has 3 aromatic rings. The van der Waals surface area contributed by atoms with Gasteiger partial charge in [-0.3, -0.25) is 4.79 Å². The molecule has 5 heteroatoms. The standard InChI is InChI=1S/C32H38ClNO3/c1-21-18-26-27(31(4,5)13-12-30(26,2)3)20-22(21)19-25-10-11-28(37-25)29(35)34-16-14-32(36,15-17-34)23-6-8-24(33)9-7-23/h6-11,18,20,36H,12-17,19H2,1-5H3. The van der Waals surface area contributed by atoms with Crippen LogP contribution in [0.5, 0.6) is 0 Å². The fourth-order valence-electron chi connectivity index (χ4n) is 6.02. The maximum absolute atomic E-state index is 13.2. The van der Waals surface area contributed by atoms with Crippen LogP contribution < -0.4 is 0 Å². The van der Waals surface area contributed by atoms with Gasteiger partial charge in [0.25, 0.3) is 5.91 Å². The van der Waals surface area contributed by atoms with Crippen LogP contribution in [-0.2, 0) is 22.9 Å². The van der Waals surface area contributed by atoms with Gasteiger partial charge in [-0.15, -0.1) is 0 Å². The number of aryl methyl sites for hydroxylation is 1. The van der Waals surface area contributed by atoms with Gasteiger partial charge in [0.2, 0.25) is 0 Å². The Kier molecular flexibility index (Phi) is 6.57. The monoisotopic (exact) mass is 519 g/mol. The molecule has 0 spiro atoms. The van der Waals surface area contributed by atoms with Gasteiger partial charge in [0.1, 0.15) is 5.76 Å². The number of likely N-dealkylation sites (tertiary alicyclic amines) is 1. The lowest BCUT2D eigenvalue weighted by atomic mass is 9.62. The highest BCUT2D eigenvalue weighted by molar-refractivity contribution is 6.30. The van der Waals surface area contributed by atoms with Crippen molar-refractivity contribution in [3.8, 4) is 0 Å². The highest BCUT2D eigenvalue weighted by Crippen LogP contribution is 2.46. The van der Waals surface area contributed by atoms with Crippen LogP contribution in [-0.4, -0.2) is 29.0 Å². The maximum Gasteiger partial charge on any atom is 0.289 e. The number of carbonyl (C=O) groups excluding carboxylic acids is 1. The zero-order chi connectivity index (χ0) is 26.6. The summed E-state index contributed by atoms with van der Waals surface area (Å²) in [4.78, 5) is 15.0. The van der Waals surface area contributed by atoms with Crippen molar-refractivity contribution < 1.29 is 14.3 Å². The zero-order valence-electron chi connectivity index (χ0n) is 22.7. The van der Waals surface area contributed by atoms with Gasteiger partial charge in [-0.05, 0) is 95.5 Å². The molecule has 0 radical (unpaired) electrons. The maximum atomic E-state index is 13.2. The Balaban J connectivity index is 1.29. The summed E-state index contributed by atoms with van der Waals surface area (Å²) in [5, 5.41) is 11.8. The fourth-order valence-corrected chi connectivity index (χ4v) is 6.14. The lowest BCUT2D eigenvalue weighted by Gasteiger charge is -2.42. The Labute approximate surface area is 225 Å². The molecular formula is C32H38ClNO3. The van der Waals surface area contributed by atoms with E-state index < -0.39 is 5.60 Å². The molecule has 4 nitrogen and oxygen atoms in total. The van der Waals surface area contributed by atoms with Crippen LogP contribution >= 0.6 is 11.6 Å². The second kappa shape index (κ2) is 9.32. The minimum absolute atomic E-state index is 0.116. The molecule has 0 unspecified atom stereocenters. The smallest absolute Gasteiger partial charge is 0.289 e. The Bertz CT molecular complexity index is 1310. The summed E-state index contributed by atoms with van der Waals surface area (Å²) in [5.74, 6) is 1.05. The molecular weight excluding hydrogens is 482 g/mol. The van der Waals surface area contributed by atoms with Gasteiger partial charge < -0.3 is 14.4 Å². The quantitative estimate of drug-likeness (QED) is 0.393. The van der Waals surface area contributed by atoms with E-state index in [1.54, 1.807) is 23.1 Å². The molecule has 0 atom stereocenters. The van der Waals surface area contributed by atoms with Crippen LogP contribution in [0.1, 0.15) is 97.5 Å². The first-order chi connectivity index (χ1) is 17.4. The molecule has 5 rings (SSSR count). The molecule has 0 bridgehead atoms. The van der Waals surface area contributed by atoms with Gasteiger partial charge in [0, 0.05) is 24.5 Å². The summed E-state index contributed by atoms with van der Waals surface area (Å²) in [6, 6.07) is 15.8. The van der Waals surface area contributed by atoms with Crippen molar-refractivity contribution in [2.45, 2.75) is 83.2 Å². The van der Waals surface area contributed by atoms with Crippen LogP contribution in [0.2, 0.25) is 5.02 Å². The van der Waals surface area contributed by atoms with E-state index in [1.165, 1.54) is 35.1 Å². The number of aliphatic hydroxyl groups is 1. The van der Waals surface area contributed by atoms with Crippen molar-refractivity contribution in [3.05, 3.63) is 92.9 Å². The first kappa shape index (κ1) is 26.1. The Hall–Kier alpha value is -2.56. The molecule has 0 saturated carbocycles. The molecule has 1 N–H and O–H groups in total. The predicted octanol–water partition coefficient (Wildman–Crippen LogP) is 7.31. The van der Waals surface area contributed by atoms with E-state index in [1.807, 2.05) is 18.2 Å². The molecule has 2 aliphatic rings. The predicted molar refractivity (Wildman–Crippen MR) is 148 cm³/mol. The second-order valence-electron chi connectivity index (χ2n) is 12.4. The summed E-state index contributed by atoms with van der Waals surface area (Å²) in [5.41, 5.74) is 5.66. The SMILES string of the molecule is Cc1cc2c(cc1Cc1ccc(C(=O)N3CCC(O)(c4ccc(Cl)cc4)CC3)o1)C(C)(C)CCC2(C)C. The average Bonchev–Trinajstić information content (AvgIpc) is 3.32. The van der Waals surface area contributed by atoms with Crippen molar-refractivity contribution in [1.29, 1.82) is 0 Å². The van der Waals surface area contributed by atoms with Crippen molar-refractivity contribution in [2.75, 3.05) is 13.1 Å². The number of fused-ring (bicyclic) bond motifs is 1. The number of benzene rings is 2. The van der Waals surface area contributed by atoms with E-state index >= 15 is 0 Å². The van der Waals surface area contributed by atoms with Gasteiger partial charge in [-0.25, -0.2) is 0 Å². The largest absolute Gasteiger partial charge is 0.456 e. The van der Waals surface area contributed by atoms with E-state index in [4.69, 9.17) is 16.0 Å². The number of hydrogen-bond acceptors (Lipinski definition) is 3. The minimum Gasteiger partial charge on any atom is -0.456 e. The van der Waals surface area contributed by atoms with Crippen LogP contribution in [0.25, 0.3) is 0 Å². The molecule has 1 amide bonds. The number of nitrogens with zero attached hydrogens (tertiary/aromatic N) is 1. The van der Waals surface area contributed by atoms with E-state index in [-0.39, 0.29) is 16.7 Å². The number of carbonyl (C=O) groups is 1. The molecule has 37 heavy (non-hydrogen) atoms. The number of amides is 1. The minimum atomic E-state index is -0.942. The van der Waals surface area contributed by atoms with Crippen LogP contribution in [0.15, 0.2) is 52.9 Å². The molecule has 196 valence electrons. The first-order valence-corrected chi connectivity index (χ1v) is 13.8. The molecule has 2 aromatic carbocycles. The zero-order valence-corrected chi connectivity index (χ0v) is 23.4. The van der Waals surface area contributed by atoms with E-state index in [0.717, 1.165) is 11.3 Å². The summed E-state index contributed by atoms with van der Waals surface area (Å²) in [6.45, 7) is 12.5. The summed E-state index contributed by atoms with van der Waals surface area (Å²) < 4.78 is 6.08. The van der Waals surface area contributed by atoms with Crippen molar-refractivity contribution >= 4 is 17.5 Å². The molecule has 2 heterocycles. The van der Waals surface area contributed by atoms with Gasteiger partial charge in [0.05, 0.1) is 5.60 Å². The topological polar surface area (TPSA) is 53.7 Å². The van der Waals surface area contributed by atoms with Gasteiger partial charge in [0.15, 0.2) is 5.76 Å². The molecule has 1 aliphatic carbocycles. The van der Waals surface area contributed by atoms with Crippen molar-refractivity contribution in [1.82, 2.24) is 4.90 Å². The third kappa shape index (κ3) is 4.98. The number of rotatable bonds is 4. The van der Waals surface area contributed by atoms with Crippen LogP contribution in [0.3, 0.4) is 0 Å². The van der Waals surface area contributed by atoms with E-state index in [9.17, 15) is 9.90 Å². The summed E-state index contributed by atoms with van der Waals surface area (Å²) in [6.07, 6.45) is 4.00. The number of furan rings is 1. The first-order valence-electron chi connectivity index (χ1n) is 13.4. The molecule has 1 fully saturated rings. The van der Waals surface area contributed by atoms with E-state index in [0.29, 0.717) is 43.1 Å². The van der Waals surface area contributed by atoms with Crippen LogP contribution in [0, 0.1) is 6.92 Å². The van der Waals surface area contributed by atoms with Crippen molar-refractivity contribution in [2.24, 2.45) is 0 Å². The lowest BCUT2D eigenvalue weighted by molar-refractivity contribution is -0.0218. The average molecular weight is 520 g/mol. The highest BCUT2D eigenvalue weighted by Gasteiger charge is 2.38. The summed E-state index contributed by atoms with van der Waals surface area (Å²) in [7, 11) is 0. The number of halogens is 1. The van der Waals surface area contributed by atoms with Crippen LogP contribution in [0.4, 0.5) is 0 Å². The summed E-state index contributed by atoms with van der Waals surface area (Å²) >= 11 is 6.00. The lowest BCUT2D eigenvalue weighted by Crippen LogP contribution is -2.45. The third-order valence-electron chi connectivity index (χ3n) is 8.81. The Morgan fingerprint density at radius 3 is 2.14 bits per heavy atom.